The van der Waals surface area contributed by atoms with E-state index in [4.69, 9.17) is 14.0 Å². The molecule has 24 heavy (non-hydrogen) atoms. The molecule has 134 valence electrons. The van der Waals surface area contributed by atoms with Gasteiger partial charge in [-0.05, 0) is 32.1 Å². The molecule has 0 N–H and O–H groups in total. The van der Waals surface area contributed by atoms with Crippen molar-refractivity contribution in [3.63, 3.8) is 0 Å². The molecule has 1 atom stereocenters. The van der Waals surface area contributed by atoms with Gasteiger partial charge in [-0.25, -0.2) is 0 Å². The minimum absolute atomic E-state index is 0.0592. The molecule has 1 aromatic rings. The quantitative estimate of drug-likeness (QED) is 0.759. The highest BCUT2D eigenvalue weighted by Gasteiger charge is 2.23. The second-order valence-corrected chi connectivity index (χ2v) is 6.78. The molecule has 1 aliphatic heterocycles. The van der Waals surface area contributed by atoms with Crippen molar-refractivity contribution in [3.8, 4) is 0 Å². The summed E-state index contributed by atoms with van der Waals surface area (Å²) >= 11 is 0. The van der Waals surface area contributed by atoms with Gasteiger partial charge in [0.2, 0.25) is 11.8 Å². The third-order valence-corrected chi connectivity index (χ3v) is 4.80. The first-order chi connectivity index (χ1) is 11.7. The summed E-state index contributed by atoms with van der Waals surface area (Å²) in [5, 5.41) is 4.00. The lowest BCUT2D eigenvalue weighted by Crippen LogP contribution is -2.32. The molecule has 7 nitrogen and oxygen atoms in total. The van der Waals surface area contributed by atoms with Crippen LogP contribution in [-0.2, 0) is 20.8 Å². The monoisotopic (exact) mass is 337 g/mol. The molecule has 1 aliphatic carbocycles. The Morgan fingerprint density at radius 3 is 2.79 bits per heavy atom. The van der Waals surface area contributed by atoms with Gasteiger partial charge in [0.1, 0.15) is 6.61 Å². The van der Waals surface area contributed by atoms with Gasteiger partial charge in [0.15, 0.2) is 5.82 Å². The second kappa shape index (κ2) is 8.58. The van der Waals surface area contributed by atoms with Crippen LogP contribution in [0.1, 0.15) is 62.6 Å². The molecular formula is C17H27N3O4. The van der Waals surface area contributed by atoms with E-state index >= 15 is 0 Å². The number of likely N-dealkylation sites (N-methyl/N-ethyl adjacent to an activating group) is 1. The summed E-state index contributed by atoms with van der Waals surface area (Å²) in [6.07, 6.45) is 8.11. The predicted octanol–water partition coefficient (Wildman–Crippen LogP) is 2.27. The Morgan fingerprint density at radius 2 is 2.04 bits per heavy atom. The lowest BCUT2D eigenvalue weighted by Gasteiger charge is -2.22. The number of rotatable bonds is 7. The van der Waals surface area contributed by atoms with Gasteiger partial charge in [-0.2, -0.15) is 4.98 Å². The Morgan fingerprint density at radius 1 is 1.25 bits per heavy atom. The van der Waals surface area contributed by atoms with Gasteiger partial charge in [-0.15, -0.1) is 0 Å². The zero-order valence-corrected chi connectivity index (χ0v) is 14.4. The fraction of sp³-hybridized carbons (Fsp3) is 0.824. The molecule has 7 heteroatoms. The molecule has 3 rings (SSSR count). The van der Waals surface area contributed by atoms with E-state index in [0.717, 1.165) is 32.3 Å². The van der Waals surface area contributed by atoms with Crippen LogP contribution in [0.25, 0.3) is 0 Å². The number of carbonyl (C=O) groups excluding carboxylic acids is 1. The summed E-state index contributed by atoms with van der Waals surface area (Å²) in [6.45, 7) is 1.68. The lowest BCUT2D eigenvalue weighted by molar-refractivity contribution is -0.137. The topological polar surface area (TPSA) is 77.7 Å². The van der Waals surface area contributed by atoms with E-state index in [1.807, 2.05) is 0 Å². The van der Waals surface area contributed by atoms with E-state index < -0.39 is 0 Å². The molecule has 2 aliphatic rings. The van der Waals surface area contributed by atoms with Crippen molar-refractivity contribution in [2.45, 2.75) is 63.5 Å². The Bertz CT molecular complexity index is 522. The number of carbonyl (C=O) groups is 1. The Kier molecular flexibility index (Phi) is 6.20. The molecule has 1 saturated heterocycles. The average molecular weight is 337 g/mol. The van der Waals surface area contributed by atoms with Crippen LogP contribution in [0.15, 0.2) is 4.52 Å². The van der Waals surface area contributed by atoms with E-state index in [1.54, 1.807) is 11.9 Å². The van der Waals surface area contributed by atoms with Crippen molar-refractivity contribution in [1.82, 2.24) is 15.0 Å². The van der Waals surface area contributed by atoms with Crippen LogP contribution >= 0.6 is 0 Å². The molecular weight excluding hydrogens is 310 g/mol. The molecule has 1 saturated carbocycles. The summed E-state index contributed by atoms with van der Waals surface area (Å²) in [4.78, 5) is 18.1. The molecule has 2 heterocycles. The van der Waals surface area contributed by atoms with Gasteiger partial charge in [0.05, 0.1) is 19.3 Å². The number of hydrogen-bond donors (Lipinski definition) is 0. The normalized spacial score (nSPS) is 22.0. The lowest BCUT2D eigenvalue weighted by atomic mass is 10.1. The van der Waals surface area contributed by atoms with Crippen molar-refractivity contribution in [3.05, 3.63) is 11.7 Å². The summed E-state index contributed by atoms with van der Waals surface area (Å²) in [5.74, 6) is 1.58. The zero-order valence-electron chi connectivity index (χ0n) is 14.4. The SMILES string of the molecule is CN(Cc1noc(C2CCCC2)n1)C(=O)COC[C@H]1CCCCO1. The highest BCUT2D eigenvalue weighted by molar-refractivity contribution is 5.77. The average Bonchev–Trinajstić information content (AvgIpc) is 3.27. The Balaban J connectivity index is 1.39. The largest absolute Gasteiger partial charge is 0.376 e. The van der Waals surface area contributed by atoms with E-state index in [1.165, 1.54) is 19.3 Å². The van der Waals surface area contributed by atoms with Gasteiger partial charge >= 0.3 is 0 Å². The maximum Gasteiger partial charge on any atom is 0.248 e. The third-order valence-electron chi connectivity index (χ3n) is 4.80. The van der Waals surface area contributed by atoms with Gasteiger partial charge in [-0.1, -0.05) is 18.0 Å². The molecule has 0 bridgehead atoms. The number of amides is 1. The van der Waals surface area contributed by atoms with Crippen LogP contribution in [0.5, 0.6) is 0 Å². The van der Waals surface area contributed by atoms with E-state index in [9.17, 15) is 4.79 Å². The molecule has 0 radical (unpaired) electrons. The van der Waals surface area contributed by atoms with Crippen LogP contribution < -0.4 is 0 Å². The number of nitrogens with zero attached hydrogens (tertiary/aromatic N) is 3. The van der Waals surface area contributed by atoms with Crippen LogP contribution in [0.2, 0.25) is 0 Å². The molecule has 1 amide bonds. The maximum absolute atomic E-state index is 12.1. The van der Waals surface area contributed by atoms with Crippen LogP contribution in [0.4, 0.5) is 0 Å². The zero-order chi connectivity index (χ0) is 16.8. The molecule has 0 spiro atoms. The molecule has 1 aromatic heterocycles. The molecule has 2 fully saturated rings. The first-order valence-electron chi connectivity index (χ1n) is 8.98. The van der Waals surface area contributed by atoms with Crippen molar-refractivity contribution in [1.29, 1.82) is 0 Å². The van der Waals surface area contributed by atoms with Crippen molar-refractivity contribution >= 4 is 5.91 Å². The smallest absolute Gasteiger partial charge is 0.248 e. The number of aromatic nitrogens is 2. The Hall–Kier alpha value is -1.47. The third kappa shape index (κ3) is 4.77. The first kappa shape index (κ1) is 17.4. The summed E-state index contributed by atoms with van der Waals surface area (Å²) < 4.78 is 16.4. The van der Waals surface area contributed by atoms with Crippen LogP contribution in [0, 0.1) is 0 Å². The van der Waals surface area contributed by atoms with E-state index in [-0.39, 0.29) is 18.6 Å². The predicted molar refractivity (Wildman–Crippen MR) is 86.4 cm³/mol. The molecule has 0 unspecified atom stereocenters. The number of ether oxygens (including phenoxy) is 2. The van der Waals surface area contributed by atoms with Crippen LogP contribution in [-0.4, -0.2) is 53.9 Å². The Labute approximate surface area is 142 Å². The van der Waals surface area contributed by atoms with E-state index in [0.29, 0.717) is 30.8 Å². The second-order valence-electron chi connectivity index (χ2n) is 6.78. The fourth-order valence-electron chi connectivity index (χ4n) is 3.30. The number of hydrogen-bond acceptors (Lipinski definition) is 6. The standard InChI is InChI=1S/C17H27N3O4/c1-20(16(21)12-22-11-14-8-4-5-9-23-14)10-15-18-17(24-19-15)13-6-2-3-7-13/h13-14H,2-12H2,1H3/t14-/m1/s1. The minimum Gasteiger partial charge on any atom is -0.376 e. The molecule has 0 aromatic carbocycles. The van der Waals surface area contributed by atoms with Gasteiger partial charge in [-0.3, -0.25) is 4.79 Å². The van der Waals surface area contributed by atoms with Gasteiger partial charge in [0.25, 0.3) is 0 Å². The summed E-state index contributed by atoms with van der Waals surface area (Å²) in [7, 11) is 1.73. The maximum atomic E-state index is 12.1. The fourth-order valence-corrected chi connectivity index (χ4v) is 3.30. The van der Waals surface area contributed by atoms with Gasteiger partial charge in [0, 0.05) is 19.6 Å². The first-order valence-corrected chi connectivity index (χ1v) is 8.98. The highest BCUT2D eigenvalue weighted by atomic mass is 16.5. The summed E-state index contributed by atoms with van der Waals surface area (Å²) in [6, 6.07) is 0. The van der Waals surface area contributed by atoms with Crippen molar-refractivity contribution in [2.75, 3.05) is 26.9 Å². The van der Waals surface area contributed by atoms with Crippen LogP contribution in [0.3, 0.4) is 0 Å². The summed E-state index contributed by atoms with van der Waals surface area (Å²) in [5.41, 5.74) is 0. The van der Waals surface area contributed by atoms with Gasteiger partial charge < -0.3 is 18.9 Å². The van der Waals surface area contributed by atoms with Crippen molar-refractivity contribution < 1.29 is 18.8 Å². The highest BCUT2D eigenvalue weighted by Crippen LogP contribution is 2.32. The minimum atomic E-state index is -0.0852. The van der Waals surface area contributed by atoms with Crippen molar-refractivity contribution in [2.24, 2.45) is 0 Å². The van der Waals surface area contributed by atoms with E-state index in [2.05, 4.69) is 10.1 Å².